The molecule has 1 aliphatic rings. The number of aliphatic hydroxyl groups is 4. The van der Waals surface area contributed by atoms with Gasteiger partial charge in [0.05, 0.1) is 12.7 Å². The Labute approximate surface area is 223 Å². The summed E-state index contributed by atoms with van der Waals surface area (Å²) in [5, 5.41) is 41.2. The molecule has 2 aromatic heterocycles. The Morgan fingerprint density at radius 1 is 1.21 bits per heavy atom. The number of ether oxygens (including phenoxy) is 2. The fraction of sp³-hybridized carbons (Fsp3) is 0.500. The molecule has 1 fully saturated rings. The predicted octanol–water partition coefficient (Wildman–Crippen LogP) is 0.0340. The largest absolute Gasteiger partial charge is 0.491 e. The molecule has 206 valence electrons. The molecule has 0 saturated carbocycles. The van der Waals surface area contributed by atoms with Crippen molar-refractivity contribution < 1.29 is 34.7 Å². The number of anilines is 1. The molecule has 4 rings (SSSR count). The number of aliphatic hydroxyl groups excluding tert-OH is 4. The molecule has 5 atom stereocenters. The van der Waals surface area contributed by atoms with Gasteiger partial charge in [0.2, 0.25) is 0 Å². The van der Waals surface area contributed by atoms with Gasteiger partial charge in [-0.3, -0.25) is 9.36 Å². The van der Waals surface area contributed by atoms with Gasteiger partial charge in [0.25, 0.3) is 5.91 Å². The number of amides is 1. The van der Waals surface area contributed by atoms with E-state index < -0.39 is 37.3 Å². The lowest BCUT2D eigenvalue weighted by Crippen LogP contribution is -2.33. The molecule has 13 nitrogen and oxygen atoms in total. The minimum absolute atomic E-state index is 0.0215. The Morgan fingerprint density at radius 2 is 1.92 bits per heavy atom. The van der Waals surface area contributed by atoms with Crippen molar-refractivity contribution >= 4 is 34.7 Å². The van der Waals surface area contributed by atoms with E-state index in [2.05, 4.69) is 15.0 Å². The molecule has 1 saturated heterocycles. The first kappa shape index (κ1) is 28.0. The molecule has 1 unspecified atom stereocenters. The lowest BCUT2D eigenvalue weighted by Gasteiger charge is -2.20. The van der Waals surface area contributed by atoms with Crippen molar-refractivity contribution in [2.75, 3.05) is 37.8 Å². The van der Waals surface area contributed by atoms with Gasteiger partial charge >= 0.3 is 0 Å². The van der Waals surface area contributed by atoms with E-state index >= 15 is 0 Å². The summed E-state index contributed by atoms with van der Waals surface area (Å²) in [5.41, 5.74) is 7.07. The average molecular weight is 549 g/mol. The van der Waals surface area contributed by atoms with E-state index in [4.69, 9.17) is 15.2 Å². The van der Waals surface area contributed by atoms with E-state index in [1.54, 1.807) is 29.2 Å². The monoisotopic (exact) mass is 548 g/mol. The van der Waals surface area contributed by atoms with Crippen LogP contribution in [-0.4, -0.2) is 107 Å². The number of nitrogens with two attached hydrogens (primary N) is 1. The molecule has 1 aromatic carbocycles. The maximum Gasteiger partial charge on any atom is 0.253 e. The molecule has 3 aromatic rings. The summed E-state index contributed by atoms with van der Waals surface area (Å²) < 4.78 is 12.8. The minimum atomic E-state index is -1.36. The highest BCUT2D eigenvalue weighted by Crippen LogP contribution is 2.36. The molecule has 38 heavy (non-hydrogen) atoms. The number of hydrogen-bond acceptors (Lipinski definition) is 12. The predicted molar refractivity (Wildman–Crippen MR) is 139 cm³/mol. The number of fused-ring (bicyclic) bond motifs is 1. The standard InChI is InChI=1S/C24H32N6O7S/c1-3-29(4-2)22(35)13-5-7-15(8-6-13)36-10-14(32)11-38-24-28-17-20(25)26-12-27-21(17)30(24)23-19(34)18(33)16(9-31)37-23/h5-8,12,14,16,18-19,23,31-34H,3-4,9-11H2,1-2H3,(H2,25,26,27)/t14?,16-,18-,19-,23-/m1/s1. The SMILES string of the molecule is CCN(CC)C(=O)c1ccc(OCC(O)CSc2nc3c(N)ncnc3n2[C@@H]2O[C@H](CO)[C@@H](O)[C@H]2O)cc1. The normalized spacial score (nSPS) is 22.1. The zero-order valence-corrected chi connectivity index (χ0v) is 21.9. The summed E-state index contributed by atoms with van der Waals surface area (Å²) >= 11 is 1.15. The maximum absolute atomic E-state index is 12.5. The van der Waals surface area contributed by atoms with Gasteiger partial charge < -0.3 is 40.5 Å². The average Bonchev–Trinajstić information content (AvgIpc) is 3.44. The summed E-state index contributed by atoms with van der Waals surface area (Å²) in [5.74, 6) is 0.728. The number of benzene rings is 1. The summed E-state index contributed by atoms with van der Waals surface area (Å²) in [6.07, 6.45) is -4.40. The highest BCUT2D eigenvalue weighted by Gasteiger charge is 2.45. The van der Waals surface area contributed by atoms with Gasteiger partial charge in [-0.05, 0) is 38.1 Å². The maximum atomic E-state index is 12.5. The number of aromatic nitrogens is 4. The van der Waals surface area contributed by atoms with Crippen LogP contribution in [0.1, 0.15) is 30.4 Å². The minimum Gasteiger partial charge on any atom is -0.491 e. The van der Waals surface area contributed by atoms with Crippen molar-refractivity contribution in [3.63, 3.8) is 0 Å². The van der Waals surface area contributed by atoms with E-state index in [1.165, 1.54) is 10.9 Å². The van der Waals surface area contributed by atoms with Crippen LogP contribution < -0.4 is 10.5 Å². The lowest BCUT2D eigenvalue weighted by atomic mass is 10.1. The number of carbonyl (C=O) groups is 1. The third-order valence-corrected chi connectivity index (χ3v) is 7.34. The van der Waals surface area contributed by atoms with Gasteiger partial charge in [-0.15, -0.1) is 0 Å². The molecule has 1 aliphatic heterocycles. The van der Waals surface area contributed by atoms with Crippen molar-refractivity contribution in [1.29, 1.82) is 0 Å². The van der Waals surface area contributed by atoms with Crippen LogP contribution in [0.25, 0.3) is 11.2 Å². The Kier molecular flexibility index (Phi) is 9.02. The van der Waals surface area contributed by atoms with Gasteiger partial charge in [0, 0.05) is 24.4 Å². The van der Waals surface area contributed by atoms with Crippen LogP contribution in [0.3, 0.4) is 0 Å². The highest BCUT2D eigenvalue weighted by molar-refractivity contribution is 7.99. The van der Waals surface area contributed by atoms with Gasteiger partial charge in [-0.2, -0.15) is 0 Å². The second-order valence-electron chi connectivity index (χ2n) is 8.70. The second-order valence-corrected chi connectivity index (χ2v) is 9.69. The molecule has 6 N–H and O–H groups in total. The van der Waals surface area contributed by atoms with Crippen LogP contribution in [0.5, 0.6) is 5.75 Å². The van der Waals surface area contributed by atoms with E-state index in [1.807, 2.05) is 13.8 Å². The van der Waals surface area contributed by atoms with Crippen LogP contribution in [0, 0.1) is 0 Å². The zero-order valence-electron chi connectivity index (χ0n) is 21.0. The van der Waals surface area contributed by atoms with E-state index in [9.17, 15) is 25.2 Å². The van der Waals surface area contributed by atoms with Crippen LogP contribution in [-0.2, 0) is 4.74 Å². The van der Waals surface area contributed by atoms with Gasteiger partial charge in [-0.25, -0.2) is 15.0 Å². The Hall–Kier alpha value is -3.01. The number of thioether (sulfide) groups is 1. The Morgan fingerprint density at radius 3 is 2.55 bits per heavy atom. The molecule has 3 heterocycles. The molecule has 0 spiro atoms. The smallest absolute Gasteiger partial charge is 0.253 e. The molecule has 0 radical (unpaired) electrons. The summed E-state index contributed by atoms with van der Waals surface area (Å²) in [6, 6.07) is 6.73. The number of rotatable bonds is 11. The van der Waals surface area contributed by atoms with E-state index in [0.29, 0.717) is 29.6 Å². The van der Waals surface area contributed by atoms with E-state index in [0.717, 1.165) is 11.8 Å². The van der Waals surface area contributed by atoms with Crippen molar-refractivity contribution in [3.8, 4) is 5.75 Å². The van der Waals surface area contributed by atoms with Crippen molar-refractivity contribution in [2.24, 2.45) is 0 Å². The van der Waals surface area contributed by atoms with Crippen molar-refractivity contribution in [3.05, 3.63) is 36.2 Å². The summed E-state index contributed by atoms with van der Waals surface area (Å²) in [4.78, 5) is 26.8. The number of hydrogen-bond donors (Lipinski definition) is 5. The number of imidazole rings is 1. The first-order valence-electron chi connectivity index (χ1n) is 12.2. The fourth-order valence-electron chi connectivity index (χ4n) is 4.13. The first-order valence-corrected chi connectivity index (χ1v) is 13.2. The van der Waals surface area contributed by atoms with Crippen LogP contribution >= 0.6 is 11.8 Å². The van der Waals surface area contributed by atoms with Crippen LogP contribution in [0.2, 0.25) is 0 Å². The van der Waals surface area contributed by atoms with Gasteiger partial charge in [0.1, 0.15) is 37.0 Å². The van der Waals surface area contributed by atoms with Crippen LogP contribution in [0.15, 0.2) is 35.7 Å². The highest BCUT2D eigenvalue weighted by atomic mass is 32.2. The lowest BCUT2D eigenvalue weighted by molar-refractivity contribution is -0.0548. The molecule has 1 amide bonds. The van der Waals surface area contributed by atoms with E-state index in [-0.39, 0.29) is 35.2 Å². The molecular formula is C24H32N6O7S. The number of nitrogens with zero attached hydrogens (tertiary/aromatic N) is 5. The summed E-state index contributed by atoms with van der Waals surface area (Å²) in [7, 11) is 0. The van der Waals surface area contributed by atoms with Crippen molar-refractivity contribution in [2.45, 2.75) is 49.6 Å². The Balaban J connectivity index is 1.42. The zero-order chi connectivity index (χ0) is 27.4. The fourth-order valence-corrected chi connectivity index (χ4v) is 5.05. The number of carbonyl (C=O) groups excluding carboxylic acids is 1. The molecule has 0 aliphatic carbocycles. The summed E-state index contributed by atoms with van der Waals surface area (Å²) in [6.45, 7) is 4.59. The van der Waals surface area contributed by atoms with Gasteiger partial charge in [-0.1, -0.05) is 11.8 Å². The van der Waals surface area contributed by atoms with Gasteiger partial charge in [0.15, 0.2) is 28.4 Å². The molecule has 14 heteroatoms. The molecule has 0 bridgehead atoms. The third kappa shape index (κ3) is 5.70. The topological polar surface area (TPSA) is 189 Å². The molecular weight excluding hydrogens is 516 g/mol. The quantitative estimate of drug-likeness (QED) is 0.203. The number of nitrogen functional groups attached to an aromatic ring is 1. The Bertz CT molecular complexity index is 1240. The third-order valence-electron chi connectivity index (χ3n) is 6.24. The van der Waals surface area contributed by atoms with Crippen LogP contribution in [0.4, 0.5) is 5.82 Å². The first-order chi connectivity index (χ1) is 18.3. The second kappa shape index (κ2) is 12.2. The van der Waals surface area contributed by atoms with Crippen molar-refractivity contribution in [1.82, 2.24) is 24.4 Å².